The normalized spacial score (nSPS) is 12.2. The van der Waals surface area contributed by atoms with Crippen molar-refractivity contribution in [1.29, 1.82) is 0 Å². The molecule has 0 aliphatic heterocycles. The van der Waals surface area contributed by atoms with Crippen LogP contribution < -0.4 is 10.6 Å². The Labute approximate surface area is 171 Å². The molecule has 7 heteroatoms. The summed E-state index contributed by atoms with van der Waals surface area (Å²) in [6.07, 6.45) is 1.66. The lowest BCUT2D eigenvalue weighted by molar-refractivity contribution is 0.106. The van der Waals surface area contributed by atoms with E-state index in [0.717, 1.165) is 23.8 Å². The van der Waals surface area contributed by atoms with Crippen LogP contribution in [0.5, 0.6) is 0 Å². The summed E-state index contributed by atoms with van der Waals surface area (Å²) in [5, 5.41) is 7.23. The average Bonchev–Trinajstić information content (AvgIpc) is 2.61. The van der Waals surface area contributed by atoms with E-state index in [9.17, 15) is 0 Å². The van der Waals surface area contributed by atoms with Crippen molar-refractivity contribution in [3.8, 4) is 0 Å². The third-order valence-electron chi connectivity index (χ3n) is 3.43. The van der Waals surface area contributed by atoms with Gasteiger partial charge < -0.3 is 15.4 Å². The summed E-state index contributed by atoms with van der Waals surface area (Å²) in [6, 6.07) is 13.5. The molecule has 1 heterocycles. The number of aromatic nitrogens is 1. The van der Waals surface area contributed by atoms with E-state index in [1.54, 1.807) is 13.3 Å². The van der Waals surface area contributed by atoms with Crippen LogP contribution in [0.15, 0.2) is 53.7 Å². The van der Waals surface area contributed by atoms with Crippen molar-refractivity contribution in [2.75, 3.05) is 20.2 Å². The van der Waals surface area contributed by atoms with E-state index in [1.807, 2.05) is 49.4 Å². The molecule has 25 heavy (non-hydrogen) atoms. The molecule has 2 N–H and O–H groups in total. The monoisotopic (exact) mass is 474 g/mol. The van der Waals surface area contributed by atoms with Crippen molar-refractivity contribution in [3.05, 3.63) is 64.9 Å². The van der Waals surface area contributed by atoms with Gasteiger partial charge in [0.05, 0.1) is 18.3 Å². The summed E-state index contributed by atoms with van der Waals surface area (Å²) >= 11 is 6.06. The van der Waals surface area contributed by atoms with Crippen molar-refractivity contribution in [2.24, 2.45) is 4.99 Å². The molecule has 1 atom stereocenters. The molecule has 0 aliphatic rings. The van der Waals surface area contributed by atoms with Gasteiger partial charge in [-0.3, -0.25) is 4.98 Å². The third-order valence-corrected chi connectivity index (χ3v) is 3.66. The fraction of sp³-hybridized carbons (Fsp3) is 0.333. The number of halogens is 2. The van der Waals surface area contributed by atoms with Gasteiger partial charge in [0.25, 0.3) is 0 Å². The fourth-order valence-electron chi connectivity index (χ4n) is 2.23. The number of nitrogens with zero attached hydrogens (tertiary/aromatic N) is 2. The van der Waals surface area contributed by atoms with E-state index >= 15 is 0 Å². The molecule has 0 saturated heterocycles. The lowest BCUT2D eigenvalue weighted by atomic mass is 10.1. The average molecular weight is 475 g/mol. The lowest BCUT2D eigenvalue weighted by Crippen LogP contribution is -2.39. The molecule has 0 radical (unpaired) electrons. The molecular weight excluding hydrogens is 451 g/mol. The summed E-state index contributed by atoms with van der Waals surface area (Å²) in [5.74, 6) is 0.729. The molecule has 136 valence electrons. The number of guanidine groups is 1. The first-order chi connectivity index (χ1) is 11.7. The van der Waals surface area contributed by atoms with E-state index in [2.05, 4.69) is 20.6 Å². The Bertz CT molecular complexity index is 655. The van der Waals surface area contributed by atoms with Crippen LogP contribution in [-0.4, -0.2) is 31.1 Å². The van der Waals surface area contributed by atoms with Gasteiger partial charge >= 0.3 is 0 Å². The van der Waals surface area contributed by atoms with E-state index in [4.69, 9.17) is 16.3 Å². The zero-order valence-corrected chi connectivity index (χ0v) is 17.5. The minimum Gasteiger partial charge on any atom is -0.375 e. The van der Waals surface area contributed by atoms with Crippen LogP contribution in [0.25, 0.3) is 0 Å². The number of aliphatic imine (C=N–C) groups is 1. The topological polar surface area (TPSA) is 58.5 Å². The summed E-state index contributed by atoms with van der Waals surface area (Å²) in [7, 11) is 1.69. The van der Waals surface area contributed by atoms with Gasteiger partial charge in [0.15, 0.2) is 5.96 Å². The minimum absolute atomic E-state index is 0. The van der Waals surface area contributed by atoms with Crippen molar-refractivity contribution >= 4 is 41.5 Å². The molecule has 1 aromatic carbocycles. The number of hydrogen-bond donors (Lipinski definition) is 2. The highest BCUT2D eigenvalue weighted by molar-refractivity contribution is 14.0. The number of benzene rings is 1. The highest BCUT2D eigenvalue weighted by atomic mass is 127. The molecule has 2 rings (SSSR count). The van der Waals surface area contributed by atoms with Gasteiger partial charge in [-0.2, -0.15) is 0 Å². The van der Waals surface area contributed by atoms with Gasteiger partial charge in [0.1, 0.15) is 0 Å². The smallest absolute Gasteiger partial charge is 0.191 e. The lowest BCUT2D eigenvalue weighted by Gasteiger charge is -2.19. The Hall–Kier alpha value is -1.38. The maximum atomic E-state index is 6.06. The maximum Gasteiger partial charge on any atom is 0.191 e. The zero-order chi connectivity index (χ0) is 17.2. The molecule has 0 spiro atoms. The van der Waals surface area contributed by atoms with Crippen LogP contribution in [0.1, 0.15) is 24.3 Å². The van der Waals surface area contributed by atoms with Gasteiger partial charge in [-0.15, -0.1) is 24.0 Å². The number of rotatable bonds is 7. The largest absolute Gasteiger partial charge is 0.375 e. The second-order valence-electron chi connectivity index (χ2n) is 5.18. The van der Waals surface area contributed by atoms with Crippen molar-refractivity contribution in [1.82, 2.24) is 15.6 Å². The minimum atomic E-state index is -0.109. The molecule has 0 saturated carbocycles. The first-order valence-electron chi connectivity index (χ1n) is 7.93. The quantitative estimate of drug-likeness (QED) is 0.364. The van der Waals surface area contributed by atoms with Crippen LogP contribution in [0.3, 0.4) is 0 Å². The van der Waals surface area contributed by atoms with E-state index in [-0.39, 0.29) is 30.1 Å². The highest BCUT2D eigenvalue weighted by Gasteiger charge is 2.11. The number of ether oxygens (including phenoxy) is 1. The van der Waals surface area contributed by atoms with Crippen LogP contribution in [-0.2, 0) is 11.3 Å². The standard InChI is InChI=1S/C18H23ClN4O.HI/c1-3-20-18(22-12-16-9-4-5-10-21-16)23-13-17(24-2)14-7-6-8-15(19)11-14;/h4-11,17H,3,12-13H2,1-2H3,(H2,20,22,23);1H. The van der Waals surface area contributed by atoms with Crippen molar-refractivity contribution in [3.63, 3.8) is 0 Å². The Balaban J connectivity index is 0.00000312. The fourth-order valence-corrected chi connectivity index (χ4v) is 2.43. The van der Waals surface area contributed by atoms with Gasteiger partial charge in [0, 0.05) is 31.4 Å². The van der Waals surface area contributed by atoms with Crippen molar-refractivity contribution < 1.29 is 4.74 Å². The second-order valence-corrected chi connectivity index (χ2v) is 5.61. The first-order valence-corrected chi connectivity index (χ1v) is 8.31. The molecular formula is C18H24ClIN4O. The summed E-state index contributed by atoms with van der Waals surface area (Å²) in [5.41, 5.74) is 1.95. The number of methoxy groups -OCH3 is 1. The molecule has 0 aliphatic carbocycles. The number of nitrogens with one attached hydrogen (secondary N) is 2. The molecule has 1 unspecified atom stereocenters. The highest BCUT2D eigenvalue weighted by Crippen LogP contribution is 2.19. The predicted octanol–water partition coefficient (Wildman–Crippen LogP) is 3.80. The van der Waals surface area contributed by atoms with Crippen LogP contribution >= 0.6 is 35.6 Å². The molecule has 1 aromatic heterocycles. The second kappa shape index (κ2) is 12.1. The van der Waals surface area contributed by atoms with Gasteiger partial charge in [-0.05, 0) is 36.8 Å². The Morgan fingerprint density at radius 2 is 2.08 bits per heavy atom. The SMILES string of the molecule is CCNC(=NCc1ccccn1)NCC(OC)c1cccc(Cl)c1.I. The van der Waals surface area contributed by atoms with E-state index < -0.39 is 0 Å². The van der Waals surface area contributed by atoms with Crippen molar-refractivity contribution in [2.45, 2.75) is 19.6 Å². The Kier molecular flexibility index (Phi) is 10.4. The molecule has 5 nitrogen and oxygen atoms in total. The summed E-state index contributed by atoms with van der Waals surface area (Å²) in [6.45, 7) is 3.92. The van der Waals surface area contributed by atoms with E-state index in [1.165, 1.54) is 0 Å². The first kappa shape index (κ1) is 21.7. The van der Waals surface area contributed by atoms with Gasteiger partial charge in [0.2, 0.25) is 0 Å². The number of hydrogen-bond acceptors (Lipinski definition) is 3. The molecule has 0 amide bonds. The zero-order valence-electron chi connectivity index (χ0n) is 14.4. The summed E-state index contributed by atoms with van der Waals surface area (Å²) < 4.78 is 5.57. The third kappa shape index (κ3) is 7.58. The Morgan fingerprint density at radius 3 is 2.72 bits per heavy atom. The van der Waals surface area contributed by atoms with Crippen LogP contribution in [0.2, 0.25) is 5.02 Å². The molecule has 0 bridgehead atoms. The summed E-state index contributed by atoms with van der Waals surface area (Å²) in [4.78, 5) is 8.83. The predicted molar refractivity (Wildman–Crippen MR) is 114 cm³/mol. The van der Waals surface area contributed by atoms with Gasteiger partial charge in [-0.25, -0.2) is 4.99 Å². The van der Waals surface area contributed by atoms with Gasteiger partial charge in [-0.1, -0.05) is 29.8 Å². The maximum absolute atomic E-state index is 6.06. The van der Waals surface area contributed by atoms with Crippen LogP contribution in [0, 0.1) is 0 Å². The van der Waals surface area contributed by atoms with Crippen LogP contribution in [0.4, 0.5) is 0 Å². The Morgan fingerprint density at radius 1 is 1.24 bits per heavy atom. The number of pyridine rings is 1. The molecule has 2 aromatic rings. The molecule has 0 fully saturated rings. The van der Waals surface area contributed by atoms with E-state index in [0.29, 0.717) is 18.1 Å².